The van der Waals surface area contributed by atoms with Crippen molar-refractivity contribution < 1.29 is 4.74 Å². The molecule has 7 rings (SSSR count). The predicted octanol–water partition coefficient (Wildman–Crippen LogP) is 10.4. The fourth-order valence-corrected chi connectivity index (χ4v) is 6.05. The Kier molecular flexibility index (Phi) is 5.78. The second kappa shape index (κ2) is 9.62. The van der Waals surface area contributed by atoms with Crippen LogP contribution in [0.5, 0.6) is 11.5 Å². The Morgan fingerprint density at radius 2 is 1.62 bits per heavy atom. The van der Waals surface area contributed by atoms with E-state index in [1.165, 1.54) is 38.1 Å². The first-order chi connectivity index (χ1) is 19.7. The summed E-state index contributed by atoms with van der Waals surface area (Å²) in [6, 6.07) is 34.5. The zero-order valence-electron chi connectivity index (χ0n) is 22.8. The quantitative estimate of drug-likeness (QED) is 0.211. The van der Waals surface area contributed by atoms with Gasteiger partial charge in [-0.2, -0.15) is 0 Å². The van der Waals surface area contributed by atoms with Crippen LogP contribution in [0, 0.1) is 0 Å². The van der Waals surface area contributed by atoms with Gasteiger partial charge in [-0.25, -0.2) is 0 Å². The molecule has 0 unspecified atom stereocenters. The third-order valence-electron chi connectivity index (χ3n) is 7.82. The zero-order chi connectivity index (χ0) is 27.2. The number of aromatic nitrogens is 1. The number of ether oxygens (including phenoxy) is 1. The number of rotatable bonds is 5. The second-order valence-electron chi connectivity index (χ2n) is 10.2. The summed E-state index contributed by atoms with van der Waals surface area (Å²) in [4.78, 5) is 2.26. The van der Waals surface area contributed by atoms with Gasteiger partial charge in [0.1, 0.15) is 0 Å². The molecule has 2 heterocycles. The zero-order valence-corrected chi connectivity index (χ0v) is 22.8. The Hall–Kier alpha value is -5.02. The summed E-state index contributed by atoms with van der Waals surface area (Å²) in [5, 5.41) is 5.10. The number of allylic oxidation sites excluding steroid dienone is 4. The Morgan fingerprint density at radius 1 is 0.825 bits per heavy atom. The van der Waals surface area contributed by atoms with Crippen molar-refractivity contribution in [2.45, 2.75) is 13.3 Å². The summed E-state index contributed by atoms with van der Waals surface area (Å²) in [5.41, 5.74) is 7.83. The SMILES string of the molecule is C=C/C=C(\C=C/CC)N1c2ccccc2Oc2cc(-c3cccc4c5c6ccccc6ccc5n(C)c34)ccc21. The predicted molar refractivity (Wildman–Crippen MR) is 170 cm³/mol. The Morgan fingerprint density at radius 3 is 2.50 bits per heavy atom. The highest BCUT2D eigenvalue weighted by Crippen LogP contribution is 2.50. The van der Waals surface area contributed by atoms with Crippen molar-refractivity contribution in [3.63, 3.8) is 0 Å². The van der Waals surface area contributed by atoms with Gasteiger partial charge in [0.2, 0.25) is 0 Å². The molecule has 194 valence electrons. The molecule has 3 nitrogen and oxygen atoms in total. The van der Waals surface area contributed by atoms with Crippen molar-refractivity contribution in [3.05, 3.63) is 134 Å². The van der Waals surface area contributed by atoms with E-state index >= 15 is 0 Å². The molecule has 0 atom stereocenters. The first-order valence-corrected chi connectivity index (χ1v) is 13.8. The maximum absolute atomic E-state index is 6.54. The number of hydrogen-bond donors (Lipinski definition) is 0. The monoisotopic (exact) mass is 518 g/mol. The van der Waals surface area contributed by atoms with Crippen molar-refractivity contribution in [1.29, 1.82) is 0 Å². The van der Waals surface area contributed by atoms with Gasteiger partial charge in [-0.15, -0.1) is 0 Å². The van der Waals surface area contributed by atoms with Gasteiger partial charge in [0, 0.05) is 34.6 Å². The van der Waals surface area contributed by atoms with Crippen molar-refractivity contribution in [3.8, 4) is 22.6 Å². The van der Waals surface area contributed by atoms with Gasteiger partial charge in [-0.3, -0.25) is 0 Å². The maximum atomic E-state index is 6.54. The van der Waals surface area contributed by atoms with E-state index in [0.717, 1.165) is 40.6 Å². The molecule has 6 aromatic rings. The molecule has 0 saturated carbocycles. The van der Waals surface area contributed by atoms with E-state index in [0.29, 0.717) is 0 Å². The maximum Gasteiger partial charge on any atom is 0.152 e. The van der Waals surface area contributed by atoms with Crippen LogP contribution in [0.4, 0.5) is 11.4 Å². The summed E-state index contributed by atoms with van der Waals surface area (Å²) >= 11 is 0. The van der Waals surface area contributed by atoms with Gasteiger partial charge in [0.25, 0.3) is 0 Å². The van der Waals surface area contributed by atoms with Crippen molar-refractivity contribution >= 4 is 44.0 Å². The number of aryl methyl sites for hydroxylation is 1. The summed E-state index contributed by atoms with van der Waals surface area (Å²) in [7, 11) is 2.17. The lowest BCUT2D eigenvalue weighted by Gasteiger charge is -2.33. The highest BCUT2D eigenvalue weighted by atomic mass is 16.5. The lowest BCUT2D eigenvalue weighted by atomic mass is 9.99. The van der Waals surface area contributed by atoms with Crippen LogP contribution in [0.25, 0.3) is 43.7 Å². The molecule has 5 aromatic carbocycles. The standard InChI is InChI=1S/C37H30N2O/c1-4-6-14-27(12-5-2)39-31-18-9-10-19-34(31)40-35-24-26(21-22-32(35)39)29-16-11-17-30-36-28-15-8-7-13-25(28)20-23-33(36)38(3)37(29)30/h5-24H,2,4H2,1,3H3/b14-6-,27-12+. The summed E-state index contributed by atoms with van der Waals surface area (Å²) in [6.45, 7) is 6.12. The fraction of sp³-hybridized carbons (Fsp3) is 0.0811. The smallest absolute Gasteiger partial charge is 0.152 e. The molecule has 0 saturated heterocycles. The van der Waals surface area contributed by atoms with Crippen molar-refractivity contribution in [1.82, 2.24) is 4.57 Å². The lowest BCUT2D eigenvalue weighted by Crippen LogP contribution is -2.19. The van der Waals surface area contributed by atoms with Gasteiger partial charge in [0.05, 0.1) is 16.9 Å². The number of hydrogen-bond acceptors (Lipinski definition) is 2. The van der Waals surface area contributed by atoms with Crippen LogP contribution in [0.15, 0.2) is 134 Å². The average Bonchev–Trinajstić information content (AvgIpc) is 3.30. The number of nitrogens with zero attached hydrogens (tertiary/aromatic N) is 2. The Bertz CT molecular complexity index is 2010. The number of benzene rings is 5. The largest absolute Gasteiger partial charge is 0.453 e. The van der Waals surface area contributed by atoms with E-state index in [-0.39, 0.29) is 0 Å². The van der Waals surface area contributed by atoms with E-state index in [4.69, 9.17) is 4.74 Å². The normalized spacial score (nSPS) is 13.2. The van der Waals surface area contributed by atoms with Crippen LogP contribution in [0.2, 0.25) is 0 Å². The lowest BCUT2D eigenvalue weighted by molar-refractivity contribution is 0.476. The summed E-state index contributed by atoms with van der Waals surface area (Å²) in [6.07, 6.45) is 9.17. The second-order valence-corrected chi connectivity index (χ2v) is 10.2. The van der Waals surface area contributed by atoms with Crippen LogP contribution in [0.1, 0.15) is 13.3 Å². The van der Waals surface area contributed by atoms with Gasteiger partial charge in [-0.05, 0) is 65.2 Å². The first kappa shape index (κ1) is 24.1. The van der Waals surface area contributed by atoms with Gasteiger partial charge in [-0.1, -0.05) is 92.4 Å². The molecule has 0 radical (unpaired) electrons. The third-order valence-corrected chi connectivity index (χ3v) is 7.82. The molecule has 3 heteroatoms. The van der Waals surface area contributed by atoms with Gasteiger partial charge in [0.15, 0.2) is 11.5 Å². The number of anilines is 2. The molecule has 0 N–H and O–H groups in total. The highest BCUT2D eigenvalue weighted by Gasteiger charge is 2.27. The fourth-order valence-electron chi connectivity index (χ4n) is 6.05. The summed E-state index contributed by atoms with van der Waals surface area (Å²) in [5.74, 6) is 1.67. The number of fused-ring (bicyclic) bond motifs is 7. The van der Waals surface area contributed by atoms with Crippen LogP contribution in [-0.4, -0.2) is 4.57 Å². The first-order valence-electron chi connectivity index (χ1n) is 13.8. The molecule has 0 spiro atoms. The van der Waals surface area contributed by atoms with E-state index in [9.17, 15) is 0 Å². The Balaban J connectivity index is 1.44. The molecule has 0 fully saturated rings. The van der Waals surface area contributed by atoms with Crippen LogP contribution in [0.3, 0.4) is 0 Å². The molecule has 0 bridgehead atoms. The van der Waals surface area contributed by atoms with Crippen molar-refractivity contribution in [2.24, 2.45) is 7.05 Å². The molecule has 1 aliphatic heterocycles. The molecule has 1 aliphatic rings. The topological polar surface area (TPSA) is 17.4 Å². The minimum atomic E-state index is 0.831. The molecule has 1 aromatic heterocycles. The van der Waals surface area contributed by atoms with Crippen molar-refractivity contribution in [2.75, 3.05) is 4.90 Å². The van der Waals surface area contributed by atoms with Crippen LogP contribution >= 0.6 is 0 Å². The van der Waals surface area contributed by atoms with E-state index in [1.54, 1.807) is 0 Å². The van der Waals surface area contributed by atoms with E-state index in [1.807, 2.05) is 30.4 Å². The molecular formula is C37H30N2O. The van der Waals surface area contributed by atoms with Gasteiger partial charge >= 0.3 is 0 Å². The van der Waals surface area contributed by atoms with E-state index in [2.05, 4.69) is 121 Å². The highest BCUT2D eigenvalue weighted by molar-refractivity contribution is 6.22. The van der Waals surface area contributed by atoms with Crippen LogP contribution < -0.4 is 9.64 Å². The number of para-hydroxylation sites is 3. The molecule has 40 heavy (non-hydrogen) atoms. The molecule has 0 amide bonds. The minimum Gasteiger partial charge on any atom is -0.453 e. The molecule has 0 aliphatic carbocycles. The third kappa shape index (κ3) is 3.66. The molecular weight excluding hydrogens is 488 g/mol. The Labute approximate surface area is 234 Å². The van der Waals surface area contributed by atoms with Crippen LogP contribution in [-0.2, 0) is 7.05 Å². The van der Waals surface area contributed by atoms with Gasteiger partial charge < -0.3 is 14.2 Å². The minimum absolute atomic E-state index is 0.831. The average molecular weight is 519 g/mol. The van der Waals surface area contributed by atoms with E-state index < -0.39 is 0 Å². The summed E-state index contributed by atoms with van der Waals surface area (Å²) < 4.78 is 8.86.